The third-order valence-electron chi connectivity index (χ3n) is 4.67. The molecule has 1 nitrogen and oxygen atoms in total. The van der Waals surface area contributed by atoms with Crippen LogP contribution in [0.25, 0.3) is 0 Å². The smallest absolute Gasteiger partial charge is 0.377 e. The molecule has 0 fully saturated rings. The van der Waals surface area contributed by atoms with Crippen molar-refractivity contribution in [2.75, 3.05) is 7.11 Å². The van der Waals surface area contributed by atoms with Crippen LogP contribution in [0.5, 0.6) is 0 Å². The van der Waals surface area contributed by atoms with Crippen LogP contribution in [0, 0.1) is 0 Å². The quantitative estimate of drug-likeness (QED) is 0.320. The molecule has 0 saturated carbocycles. The van der Waals surface area contributed by atoms with Crippen LogP contribution in [0.3, 0.4) is 0 Å². The highest BCUT2D eigenvalue weighted by Crippen LogP contribution is 2.61. The topological polar surface area (TPSA) is 9.23 Å². The second-order valence-electron chi connectivity index (χ2n) is 7.25. The molecular formula is C18H17F13O. The largest absolute Gasteiger partial charge is 0.460 e. The summed E-state index contributed by atoms with van der Waals surface area (Å²) in [5.74, 6) is -37.2. The molecule has 32 heavy (non-hydrogen) atoms. The van der Waals surface area contributed by atoms with Gasteiger partial charge in [0.25, 0.3) is 0 Å². The van der Waals surface area contributed by atoms with Crippen LogP contribution in [0.15, 0.2) is 24.3 Å². The molecule has 0 aliphatic rings. The molecule has 14 heteroatoms. The number of hydrogen-bond acceptors (Lipinski definition) is 1. The van der Waals surface area contributed by atoms with Crippen LogP contribution < -0.4 is 0 Å². The molecule has 0 spiro atoms. The number of methoxy groups -OCH3 is 1. The summed E-state index contributed by atoms with van der Waals surface area (Å²) in [6, 6.07) is 4.97. The third-order valence-corrected chi connectivity index (χ3v) is 4.67. The monoisotopic (exact) mass is 496 g/mol. The second-order valence-corrected chi connectivity index (χ2v) is 7.25. The number of ether oxygens (including phenoxy) is 1. The Morgan fingerprint density at radius 2 is 1.12 bits per heavy atom. The predicted octanol–water partition coefficient (Wildman–Crippen LogP) is 7.63. The van der Waals surface area contributed by atoms with Gasteiger partial charge in [-0.2, -0.15) is 57.1 Å². The van der Waals surface area contributed by atoms with Gasteiger partial charge >= 0.3 is 35.8 Å². The van der Waals surface area contributed by atoms with Crippen molar-refractivity contribution in [3.05, 3.63) is 35.4 Å². The van der Waals surface area contributed by atoms with Crippen LogP contribution in [0.2, 0.25) is 0 Å². The van der Waals surface area contributed by atoms with Crippen LogP contribution >= 0.6 is 0 Å². The summed E-state index contributed by atoms with van der Waals surface area (Å²) in [7, 11) is 0.686. The van der Waals surface area contributed by atoms with Gasteiger partial charge < -0.3 is 4.74 Å². The minimum atomic E-state index is -7.91. The van der Waals surface area contributed by atoms with Crippen molar-refractivity contribution in [2.45, 2.75) is 68.1 Å². The first-order valence-electron chi connectivity index (χ1n) is 8.67. The van der Waals surface area contributed by atoms with Gasteiger partial charge in [0, 0.05) is 13.5 Å². The molecule has 0 heterocycles. The van der Waals surface area contributed by atoms with Crippen molar-refractivity contribution in [3.8, 4) is 0 Å². The zero-order valence-corrected chi connectivity index (χ0v) is 16.5. The fraction of sp³-hybridized carbons (Fsp3) is 0.667. The van der Waals surface area contributed by atoms with Crippen molar-refractivity contribution in [1.82, 2.24) is 0 Å². The van der Waals surface area contributed by atoms with Gasteiger partial charge in [-0.05, 0) is 17.0 Å². The summed E-state index contributed by atoms with van der Waals surface area (Å²) in [4.78, 5) is 0. The number of rotatable bonds is 9. The van der Waals surface area contributed by atoms with E-state index in [2.05, 4.69) is 4.74 Å². The van der Waals surface area contributed by atoms with Crippen molar-refractivity contribution in [3.63, 3.8) is 0 Å². The summed E-state index contributed by atoms with van der Waals surface area (Å²) in [5, 5.41) is 0. The maximum atomic E-state index is 14.1. The van der Waals surface area contributed by atoms with E-state index in [0.29, 0.717) is 12.7 Å². The summed E-state index contributed by atoms with van der Waals surface area (Å²) >= 11 is 0. The minimum absolute atomic E-state index is 0.220. The molecule has 1 unspecified atom stereocenters. The third kappa shape index (κ3) is 4.51. The summed E-state index contributed by atoms with van der Waals surface area (Å²) in [6.07, 6.45) is -12.0. The van der Waals surface area contributed by atoms with Crippen molar-refractivity contribution in [2.24, 2.45) is 0 Å². The number of alkyl halides is 13. The lowest BCUT2D eigenvalue weighted by Crippen LogP contribution is -2.70. The summed E-state index contributed by atoms with van der Waals surface area (Å²) in [5.41, 5.74) is 0.186. The zero-order valence-electron chi connectivity index (χ0n) is 16.5. The molecule has 0 amide bonds. The molecule has 1 aromatic rings. The Balaban J connectivity index is 3.42. The van der Waals surface area contributed by atoms with Crippen molar-refractivity contribution < 1.29 is 61.8 Å². The van der Waals surface area contributed by atoms with Crippen LogP contribution in [-0.4, -0.2) is 42.9 Å². The molecule has 0 aliphatic carbocycles. The Morgan fingerprint density at radius 3 is 1.53 bits per heavy atom. The standard InChI is InChI=1S/C18H17F13O/c1-9(2)10-5-4-6-11(7-10)12(32-3)8-13(19,20)14(21,22)15(23,24)16(25,26)17(27,28)18(29,30)31/h4-7,9,12H,8H2,1-3H3. The predicted molar refractivity (Wildman–Crippen MR) is 85.7 cm³/mol. The van der Waals surface area contributed by atoms with E-state index in [0.717, 1.165) is 12.1 Å². The maximum absolute atomic E-state index is 14.1. The molecular weight excluding hydrogens is 479 g/mol. The van der Waals surface area contributed by atoms with Gasteiger partial charge in [0.1, 0.15) is 0 Å². The van der Waals surface area contributed by atoms with Gasteiger partial charge in [0.2, 0.25) is 0 Å². The van der Waals surface area contributed by atoms with Crippen LogP contribution in [0.1, 0.15) is 43.4 Å². The lowest BCUT2D eigenvalue weighted by atomic mass is 9.89. The first kappa shape index (κ1) is 28.3. The first-order valence-corrected chi connectivity index (χ1v) is 8.67. The van der Waals surface area contributed by atoms with E-state index < -0.39 is 48.3 Å². The van der Waals surface area contributed by atoms with Crippen LogP contribution in [-0.2, 0) is 4.74 Å². The fourth-order valence-electron chi connectivity index (χ4n) is 2.62. The van der Waals surface area contributed by atoms with E-state index in [1.165, 1.54) is 12.1 Å². The number of benzene rings is 1. The summed E-state index contributed by atoms with van der Waals surface area (Å²) < 4.78 is 177. The number of halogens is 13. The Kier molecular flexibility index (Phi) is 7.57. The maximum Gasteiger partial charge on any atom is 0.460 e. The molecule has 1 atom stereocenters. The Morgan fingerprint density at radius 1 is 0.688 bits per heavy atom. The summed E-state index contributed by atoms with van der Waals surface area (Å²) in [6.45, 7) is 3.29. The van der Waals surface area contributed by atoms with E-state index in [-0.39, 0.29) is 11.5 Å². The highest BCUT2D eigenvalue weighted by atomic mass is 19.4. The molecule has 0 radical (unpaired) electrons. The molecule has 0 aliphatic heterocycles. The van der Waals surface area contributed by atoms with Gasteiger partial charge in [0.05, 0.1) is 6.10 Å². The van der Waals surface area contributed by atoms with Gasteiger partial charge in [-0.15, -0.1) is 0 Å². The van der Waals surface area contributed by atoms with Crippen molar-refractivity contribution in [1.29, 1.82) is 0 Å². The molecule has 0 saturated heterocycles. The van der Waals surface area contributed by atoms with E-state index in [1.54, 1.807) is 13.8 Å². The Hall–Kier alpha value is -1.73. The van der Waals surface area contributed by atoms with Gasteiger partial charge in [-0.1, -0.05) is 38.1 Å². The SMILES string of the molecule is COC(CC(F)(F)C(F)(F)C(F)(F)C(F)(F)C(F)(F)C(F)(F)F)c1cccc(C(C)C)c1. The minimum Gasteiger partial charge on any atom is -0.377 e. The molecule has 1 rings (SSSR count). The zero-order chi connectivity index (χ0) is 25.6. The van der Waals surface area contributed by atoms with E-state index >= 15 is 0 Å². The lowest BCUT2D eigenvalue weighted by molar-refractivity contribution is -0.440. The molecule has 186 valence electrons. The average Bonchev–Trinajstić information content (AvgIpc) is 2.64. The second kappa shape index (κ2) is 8.56. The highest BCUT2D eigenvalue weighted by Gasteiger charge is 2.90. The first-order chi connectivity index (χ1) is 14.1. The van der Waals surface area contributed by atoms with E-state index in [1.807, 2.05) is 0 Å². The van der Waals surface area contributed by atoms with E-state index in [4.69, 9.17) is 0 Å². The fourth-order valence-corrected chi connectivity index (χ4v) is 2.62. The normalized spacial score (nSPS) is 15.9. The highest BCUT2D eigenvalue weighted by molar-refractivity contribution is 5.28. The average molecular weight is 496 g/mol. The van der Waals surface area contributed by atoms with Gasteiger partial charge in [0.15, 0.2) is 0 Å². The number of hydrogen-bond donors (Lipinski definition) is 0. The Bertz CT molecular complexity index is 783. The Labute approximate surface area is 173 Å². The molecule has 0 bridgehead atoms. The molecule has 1 aromatic carbocycles. The lowest BCUT2D eigenvalue weighted by Gasteiger charge is -2.40. The van der Waals surface area contributed by atoms with Crippen molar-refractivity contribution >= 4 is 0 Å². The van der Waals surface area contributed by atoms with Gasteiger partial charge in [-0.3, -0.25) is 0 Å². The molecule has 0 aromatic heterocycles. The van der Waals surface area contributed by atoms with Crippen LogP contribution in [0.4, 0.5) is 57.1 Å². The molecule has 0 N–H and O–H groups in total. The van der Waals surface area contributed by atoms with Gasteiger partial charge in [-0.25, -0.2) is 0 Å². The van der Waals surface area contributed by atoms with E-state index in [9.17, 15) is 57.1 Å².